The van der Waals surface area contributed by atoms with Gasteiger partial charge in [0.15, 0.2) is 0 Å². The summed E-state index contributed by atoms with van der Waals surface area (Å²) < 4.78 is 8.82. The molecule has 80 valence electrons. The van der Waals surface area contributed by atoms with Gasteiger partial charge in [0.05, 0.1) is 12.8 Å². The van der Waals surface area contributed by atoms with Crippen molar-refractivity contribution in [1.29, 1.82) is 0 Å². The fourth-order valence-corrected chi connectivity index (χ4v) is 0.885. The van der Waals surface area contributed by atoms with Crippen LogP contribution in [0, 0.1) is 0 Å². The van der Waals surface area contributed by atoms with E-state index in [1.807, 2.05) is 0 Å². The first-order valence-electron chi connectivity index (χ1n) is 4.02. The van der Waals surface area contributed by atoms with E-state index in [0.717, 1.165) is 17.7 Å². The van der Waals surface area contributed by atoms with Gasteiger partial charge in [-0.05, 0) is 24.3 Å². The lowest BCUT2D eigenvalue weighted by Crippen LogP contribution is -2.00. The Morgan fingerprint density at radius 2 is 2.13 bits per heavy atom. The molecule has 6 heteroatoms. The summed E-state index contributed by atoms with van der Waals surface area (Å²) in [4.78, 5) is 10.5. The van der Waals surface area contributed by atoms with Crippen molar-refractivity contribution >= 4 is 29.7 Å². The standard InChI is InChI=1S/C9H9ClN2O3/c1-14-8-4-2-7(3-5-8)12-11-6-9(13)15-10/h2-6,12H,1H3. The number of nitrogens with zero attached hydrogens (tertiary/aromatic N) is 1. The van der Waals surface area contributed by atoms with Gasteiger partial charge in [-0.1, -0.05) is 0 Å². The van der Waals surface area contributed by atoms with E-state index in [-0.39, 0.29) is 0 Å². The topological polar surface area (TPSA) is 59.9 Å². The SMILES string of the molecule is COc1ccc(NN=CC(=O)OCl)cc1. The first kappa shape index (κ1) is 11.3. The molecule has 0 saturated carbocycles. The van der Waals surface area contributed by atoms with E-state index in [1.165, 1.54) is 0 Å². The van der Waals surface area contributed by atoms with E-state index in [2.05, 4.69) is 14.8 Å². The molecule has 0 atom stereocenters. The number of carbonyl (C=O) groups excluding carboxylic acids is 1. The molecule has 1 rings (SSSR count). The maximum atomic E-state index is 10.5. The maximum absolute atomic E-state index is 10.5. The molecule has 0 fully saturated rings. The Labute approximate surface area is 91.8 Å². The van der Waals surface area contributed by atoms with Gasteiger partial charge in [-0.2, -0.15) is 5.10 Å². The van der Waals surface area contributed by atoms with E-state index in [9.17, 15) is 4.79 Å². The van der Waals surface area contributed by atoms with Gasteiger partial charge in [-0.25, -0.2) is 4.79 Å². The monoisotopic (exact) mass is 228 g/mol. The number of ether oxygens (including phenoxy) is 1. The average Bonchev–Trinajstić information content (AvgIpc) is 2.29. The lowest BCUT2D eigenvalue weighted by atomic mass is 10.3. The third-order valence-electron chi connectivity index (χ3n) is 1.53. The van der Waals surface area contributed by atoms with Crippen molar-refractivity contribution in [2.45, 2.75) is 0 Å². The fraction of sp³-hybridized carbons (Fsp3) is 0.111. The number of hydrogen-bond donors (Lipinski definition) is 1. The second kappa shape index (κ2) is 5.87. The Balaban J connectivity index is 2.51. The van der Waals surface area contributed by atoms with Crippen molar-refractivity contribution in [1.82, 2.24) is 0 Å². The predicted octanol–water partition coefficient (Wildman–Crippen LogP) is 1.79. The summed E-state index contributed by atoms with van der Waals surface area (Å²) >= 11 is 4.79. The smallest absolute Gasteiger partial charge is 0.369 e. The summed E-state index contributed by atoms with van der Waals surface area (Å²) in [5.74, 6) is 0.00220. The number of methoxy groups -OCH3 is 1. The van der Waals surface area contributed by atoms with E-state index in [1.54, 1.807) is 31.4 Å². The van der Waals surface area contributed by atoms with Crippen LogP contribution in [-0.2, 0) is 9.08 Å². The minimum Gasteiger partial charge on any atom is -0.497 e. The quantitative estimate of drug-likeness (QED) is 0.631. The molecule has 0 heterocycles. The first-order valence-corrected chi connectivity index (χ1v) is 4.33. The van der Waals surface area contributed by atoms with E-state index in [4.69, 9.17) is 16.6 Å². The number of hydrazone groups is 1. The van der Waals surface area contributed by atoms with Gasteiger partial charge >= 0.3 is 5.97 Å². The molecule has 0 spiro atoms. The summed E-state index contributed by atoms with van der Waals surface area (Å²) in [5.41, 5.74) is 3.33. The van der Waals surface area contributed by atoms with Crippen LogP contribution in [0.1, 0.15) is 0 Å². The minimum absolute atomic E-state index is 0.717. The van der Waals surface area contributed by atoms with Gasteiger partial charge in [-0.15, -0.1) is 0 Å². The van der Waals surface area contributed by atoms with Crippen LogP contribution in [-0.4, -0.2) is 19.3 Å². The highest BCUT2D eigenvalue weighted by molar-refractivity contribution is 6.30. The average molecular weight is 229 g/mol. The molecule has 0 bridgehead atoms. The largest absolute Gasteiger partial charge is 0.497 e. The van der Waals surface area contributed by atoms with Crippen LogP contribution in [0.5, 0.6) is 5.75 Å². The van der Waals surface area contributed by atoms with Crippen molar-refractivity contribution in [2.24, 2.45) is 5.10 Å². The summed E-state index contributed by atoms with van der Waals surface area (Å²) in [7, 11) is 1.58. The number of carbonyl (C=O) groups is 1. The normalized spacial score (nSPS) is 10.0. The van der Waals surface area contributed by atoms with Gasteiger partial charge in [-0.3, -0.25) is 5.43 Å². The van der Waals surface area contributed by atoms with Gasteiger partial charge in [0.25, 0.3) is 0 Å². The van der Waals surface area contributed by atoms with Crippen LogP contribution in [0.15, 0.2) is 29.4 Å². The summed E-state index contributed by atoms with van der Waals surface area (Å²) in [6, 6.07) is 7.03. The van der Waals surface area contributed by atoms with Crippen LogP contribution in [0.25, 0.3) is 0 Å². The van der Waals surface area contributed by atoms with Crippen molar-refractivity contribution in [3.63, 3.8) is 0 Å². The maximum Gasteiger partial charge on any atom is 0.369 e. The third kappa shape index (κ3) is 3.86. The zero-order valence-corrected chi connectivity index (χ0v) is 8.69. The third-order valence-corrected chi connectivity index (χ3v) is 1.68. The number of nitrogens with one attached hydrogen (secondary N) is 1. The zero-order chi connectivity index (χ0) is 11.1. The minimum atomic E-state index is -0.738. The number of rotatable bonds is 4. The molecule has 0 amide bonds. The number of benzene rings is 1. The molecule has 5 nitrogen and oxygen atoms in total. The van der Waals surface area contributed by atoms with Gasteiger partial charge in [0.2, 0.25) is 0 Å². The molecule has 0 aliphatic heterocycles. The highest BCUT2D eigenvalue weighted by atomic mass is 35.5. The van der Waals surface area contributed by atoms with Crippen LogP contribution in [0.2, 0.25) is 0 Å². The Hall–Kier alpha value is -1.75. The number of hydrogen-bond acceptors (Lipinski definition) is 5. The number of halogens is 1. The molecule has 0 saturated heterocycles. The molecule has 0 aliphatic rings. The van der Waals surface area contributed by atoms with Gasteiger partial charge in [0.1, 0.15) is 23.8 Å². The van der Waals surface area contributed by atoms with Crippen molar-refractivity contribution in [3.8, 4) is 5.75 Å². The summed E-state index contributed by atoms with van der Waals surface area (Å²) in [6.45, 7) is 0. The lowest BCUT2D eigenvalue weighted by Gasteiger charge is -2.01. The zero-order valence-electron chi connectivity index (χ0n) is 7.94. The predicted molar refractivity (Wildman–Crippen MR) is 57.1 cm³/mol. The van der Waals surface area contributed by atoms with Crippen LogP contribution in [0.3, 0.4) is 0 Å². The molecule has 1 aromatic carbocycles. The molecule has 1 N–H and O–H groups in total. The van der Waals surface area contributed by atoms with Crippen molar-refractivity contribution in [3.05, 3.63) is 24.3 Å². The molecular formula is C9H9ClN2O3. The Morgan fingerprint density at radius 3 is 2.67 bits per heavy atom. The van der Waals surface area contributed by atoms with Crippen molar-refractivity contribution < 1.29 is 13.8 Å². The van der Waals surface area contributed by atoms with E-state index in [0.29, 0.717) is 0 Å². The van der Waals surface area contributed by atoms with Gasteiger partial charge in [0, 0.05) is 0 Å². The van der Waals surface area contributed by atoms with Gasteiger partial charge < -0.3 is 9.03 Å². The Kier molecular flexibility index (Phi) is 4.43. The second-order valence-corrected chi connectivity index (χ2v) is 2.65. The summed E-state index contributed by atoms with van der Waals surface area (Å²) in [5, 5.41) is 3.59. The van der Waals surface area contributed by atoms with E-state index >= 15 is 0 Å². The fourth-order valence-electron chi connectivity index (χ4n) is 0.845. The van der Waals surface area contributed by atoms with Crippen molar-refractivity contribution in [2.75, 3.05) is 12.5 Å². The Bertz CT molecular complexity index is 351. The molecule has 0 aliphatic carbocycles. The molecule has 0 radical (unpaired) electrons. The molecule has 15 heavy (non-hydrogen) atoms. The van der Waals surface area contributed by atoms with E-state index < -0.39 is 5.97 Å². The van der Waals surface area contributed by atoms with Crippen LogP contribution in [0.4, 0.5) is 5.69 Å². The molecule has 1 aromatic rings. The number of anilines is 1. The lowest BCUT2D eigenvalue weighted by molar-refractivity contribution is -0.126. The summed E-state index contributed by atoms with van der Waals surface area (Å²) in [6.07, 6.45) is 0.928. The van der Waals surface area contributed by atoms with Crippen LogP contribution >= 0.6 is 11.9 Å². The molecular weight excluding hydrogens is 220 g/mol. The highest BCUT2D eigenvalue weighted by Crippen LogP contribution is 2.14. The second-order valence-electron chi connectivity index (χ2n) is 2.49. The highest BCUT2D eigenvalue weighted by Gasteiger charge is 1.94. The Morgan fingerprint density at radius 1 is 1.47 bits per heavy atom. The van der Waals surface area contributed by atoms with Crippen LogP contribution < -0.4 is 10.2 Å². The molecule has 0 unspecified atom stereocenters. The molecule has 0 aromatic heterocycles. The first-order chi connectivity index (χ1) is 7.26.